The Balaban J connectivity index is 1.70. The highest BCUT2D eigenvalue weighted by Crippen LogP contribution is 2.55. The molecule has 1 aliphatic rings. The van der Waals surface area contributed by atoms with E-state index in [2.05, 4.69) is 131 Å². The lowest BCUT2D eigenvalue weighted by atomic mass is 9.81. The van der Waals surface area contributed by atoms with Gasteiger partial charge in [0.15, 0.2) is 0 Å². The van der Waals surface area contributed by atoms with E-state index >= 15 is 0 Å². The van der Waals surface area contributed by atoms with Crippen LogP contribution in [0.2, 0.25) is 0 Å². The summed E-state index contributed by atoms with van der Waals surface area (Å²) in [6, 6.07) is 35.4. The third-order valence-corrected chi connectivity index (χ3v) is 8.02. The Morgan fingerprint density at radius 3 is 2.30 bits per heavy atom. The number of hydrogen-bond donors (Lipinski definition) is 0. The topological polar surface area (TPSA) is 4.93 Å². The van der Waals surface area contributed by atoms with Gasteiger partial charge in [-0.15, -0.1) is 0 Å². The first kappa shape index (κ1) is 19.1. The van der Waals surface area contributed by atoms with Gasteiger partial charge in [0.05, 0.1) is 11.0 Å². The maximum Gasteiger partial charge on any atom is 0.0588 e. The Morgan fingerprint density at radius 1 is 0.697 bits per heavy atom. The summed E-state index contributed by atoms with van der Waals surface area (Å²) in [5.74, 6) is 0. The van der Waals surface area contributed by atoms with Crippen LogP contribution in [0.5, 0.6) is 0 Å². The van der Waals surface area contributed by atoms with Gasteiger partial charge in [0.1, 0.15) is 0 Å². The molecular weight excluding hydrogens is 466 g/mol. The van der Waals surface area contributed by atoms with Crippen LogP contribution in [0, 0.1) is 0 Å². The van der Waals surface area contributed by atoms with Gasteiger partial charge in [-0.05, 0) is 51.7 Å². The normalized spacial score (nSPS) is 14.2. The quantitative estimate of drug-likeness (QED) is 0.218. The van der Waals surface area contributed by atoms with Crippen LogP contribution in [-0.2, 0) is 5.41 Å². The molecule has 0 fully saturated rings. The third-order valence-electron chi connectivity index (χ3n) is 7.40. The molecule has 33 heavy (non-hydrogen) atoms. The van der Waals surface area contributed by atoms with Crippen LogP contribution in [0.3, 0.4) is 0 Å². The third kappa shape index (κ3) is 2.47. The average molecular weight is 488 g/mol. The van der Waals surface area contributed by atoms with E-state index in [1.54, 1.807) is 0 Å². The molecule has 1 aromatic heterocycles. The maximum absolute atomic E-state index is 3.96. The van der Waals surface area contributed by atoms with E-state index in [-0.39, 0.29) is 5.41 Å². The Morgan fingerprint density at radius 2 is 1.42 bits per heavy atom. The standard InChI is InChI=1S/C31H22BrN/c1-31(2)25-13-7-5-12-23(25)28-26(32)18-24-22-11-6-8-14-27(22)33(30(24)29(28)31)21-16-15-19-9-3-4-10-20(19)17-21/h3-18H,1-2H3. The van der Waals surface area contributed by atoms with E-state index in [0.717, 1.165) is 0 Å². The number of rotatable bonds is 1. The molecule has 0 unspecified atom stereocenters. The molecule has 0 spiro atoms. The molecule has 158 valence electrons. The predicted molar refractivity (Wildman–Crippen MR) is 144 cm³/mol. The van der Waals surface area contributed by atoms with Gasteiger partial charge in [-0.3, -0.25) is 0 Å². The van der Waals surface area contributed by atoms with Crippen molar-refractivity contribution in [2.45, 2.75) is 19.3 Å². The lowest BCUT2D eigenvalue weighted by Gasteiger charge is -2.24. The number of fused-ring (bicyclic) bond motifs is 8. The van der Waals surface area contributed by atoms with Gasteiger partial charge in [0.25, 0.3) is 0 Å². The number of aromatic nitrogens is 1. The highest BCUT2D eigenvalue weighted by molar-refractivity contribution is 9.10. The second-order valence-electron chi connectivity index (χ2n) is 9.56. The van der Waals surface area contributed by atoms with Crippen LogP contribution in [0.15, 0.2) is 102 Å². The highest BCUT2D eigenvalue weighted by atomic mass is 79.9. The van der Waals surface area contributed by atoms with Crippen molar-refractivity contribution in [2.75, 3.05) is 0 Å². The summed E-state index contributed by atoms with van der Waals surface area (Å²) < 4.78 is 3.65. The number of hydrogen-bond acceptors (Lipinski definition) is 0. The molecule has 1 heterocycles. The maximum atomic E-state index is 3.96. The van der Waals surface area contributed by atoms with Crippen LogP contribution >= 0.6 is 15.9 Å². The number of nitrogens with zero attached hydrogens (tertiary/aromatic N) is 1. The van der Waals surface area contributed by atoms with Crippen LogP contribution in [-0.4, -0.2) is 4.57 Å². The van der Waals surface area contributed by atoms with Gasteiger partial charge in [0, 0.05) is 31.9 Å². The lowest BCUT2D eigenvalue weighted by molar-refractivity contribution is 0.663. The first-order chi connectivity index (χ1) is 16.1. The molecule has 0 amide bonds. The molecule has 7 rings (SSSR count). The lowest BCUT2D eigenvalue weighted by Crippen LogP contribution is -2.16. The van der Waals surface area contributed by atoms with Crippen molar-refractivity contribution in [3.8, 4) is 16.8 Å². The van der Waals surface area contributed by atoms with Gasteiger partial charge >= 0.3 is 0 Å². The van der Waals surface area contributed by atoms with E-state index in [0.29, 0.717) is 0 Å². The largest absolute Gasteiger partial charge is 0.309 e. The van der Waals surface area contributed by atoms with Gasteiger partial charge in [0.2, 0.25) is 0 Å². The molecule has 1 nitrogen and oxygen atoms in total. The zero-order valence-electron chi connectivity index (χ0n) is 18.6. The molecule has 0 saturated carbocycles. The highest BCUT2D eigenvalue weighted by Gasteiger charge is 2.39. The van der Waals surface area contributed by atoms with E-state index in [9.17, 15) is 0 Å². The Bertz CT molecular complexity index is 1750. The van der Waals surface area contributed by atoms with Crippen LogP contribution in [0.1, 0.15) is 25.0 Å². The number of para-hydroxylation sites is 1. The first-order valence-corrected chi connectivity index (χ1v) is 12.2. The molecule has 0 saturated heterocycles. The summed E-state index contributed by atoms with van der Waals surface area (Å²) in [5, 5.41) is 5.11. The monoisotopic (exact) mass is 487 g/mol. The van der Waals surface area contributed by atoms with Gasteiger partial charge in [-0.1, -0.05) is 103 Å². The molecule has 0 bridgehead atoms. The van der Waals surface area contributed by atoms with Crippen molar-refractivity contribution in [3.63, 3.8) is 0 Å². The van der Waals surface area contributed by atoms with Gasteiger partial charge in [-0.25, -0.2) is 0 Å². The van der Waals surface area contributed by atoms with Gasteiger partial charge in [-0.2, -0.15) is 0 Å². The SMILES string of the molecule is CC1(C)c2ccccc2-c2c(Br)cc3c4ccccc4n(-c4ccc5ccccc5c4)c3c21. The Kier molecular flexibility index (Phi) is 3.82. The second kappa shape index (κ2) is 6.59. The fraction of sp³-hybridized carbons (Fsp3) is 0.0968. The van der Waals surface area contributed by atoms with Gasteiger partial charge < -0.3 is 4.57 Å². The number of halogens is 1. The molecule has 6 aromatic rings. The van der Waals surface area contributed by atoms with Crippen molar-refractivity contribution in [1.82, 2.24) is 4.57 Å². The molecule has 0 radical (unpaired) electrons. The van der Waals surface area contributed by atoms with E-state index in [4.69, 9.17) is 0 Å². The fourth-order valence-corrected chi connectivity index (χ4v) is 6.57. The minimum absolute atomic E-state index is 0.100. The van der Waals surface area contributed by atoms with E-state index in [1.165, 1.54) is 65.0 Å². The zero-order chi connectivity index (χ0) is 22.3. The second-order valence-corrected chi connectivity index (χ2v) is 10.4. The van der Waals surface area contributed by atoms with Crippen LogP contribution in [0.25, 0.3) is 49.4 Å². The fourth-order valence-electron chi connectivity index (χ4n) is 5.93. The molecular formula is C31H22BrN. The van der Waals surface area contributed by atoms with E-state index < -0.39 is 0 Å². The van der Waals surface area contributed by atoms with Crippen molar-refractivity contribution in [3.05, 3.63) is 113 Å². The summed E-state index contributed by atoms with van der Waals surface area (Å²) in [6.07, 6.45) is 0. The van der Waals surface area contributed by atoms with E-state index in [1.807, 2.05) is 0 Å². The van der Waals surface area contributed by atoms with Crippen LogP contribution in [0.4, 0.5) is 0 Å². The zero-order valence-corrected chi connectivity index (χ0v) is 20.1. The van der Waals surface area contributed by atoms with Crippen molar-refractivity contribution >= 4 is 48.5 Å². The summed E-state index contributed by atoms with van der Waals surface area (Å²) in [6.45, 7) is 4.73. The van der Waals surface area contributed by atoms with Crippen molar-refractivity contribution in [1.29, 1.82) is 0 Å². The first-order valence-electron chi connectivity index (χ1n) is 11.4. The smallest absolute Gasteiger partial charge is 0.0588 e. The minimum atomic E-state index is -0.100. The molecule has 2 heteroatoms. The number of benzene rings is 5. The minimum Gasteiger partial charge on any atom is -0.309 e. The van der Waals surface area contributed by atoms with Crippen molar-refractivity contribution in [2.24, 2.45) is 0 Å². The summed E-state index contributed by atoms with van der Waals surface area (Å²) in [7, 11) is 0. The predicted octanol–water partition coefficient (Wildman–Crippen LogP) is 9.01. The molecule has 0 N–H and O–H groups in total. The Hall–Kier alpha value is -3.36. The van der Waals surface area contributed by atoms with Crippen molar-refractivity contribution < 1.29 is 0 Å². The molecule has 0 aliphatic heterocycles. The Labute approximate surface area is 201 Å². The molecule has 5 aromatic carbocycles. The summed E-state index contributed by atoms with van der Waals surface area (Å²) in [5.41, 5.74) is 9.11. The average Bonchev–Trinajstić information content (AvgIpc) is 3.28. The van der Waals surface area contributed by atoms with Crippen LogP contribution < -0.4 is 0 Å². The summed E-state index contributed by atoms with van der Waals surface area (Å²) in [4.78, 5) is 0. The summed E-state index contributed by atoms with van der Waals surface area (Å²) >= 11 is 3.96. The molecule has 1 aliphatic carbocycles. The molecule has 0 atom stereocenters.